The summed E-state index contributed by atoms with van der Waals surface area (Å²) < 4.78 is 2.00. The second kappa shape index (κ2) is 7.66. The van der Waals surface area contributed by atoms with Gasteiger partial charge in [-0.1, -0.05) is 29.5 Å². The van der Waals surface area contributed by atoms with E-state index in [9.17, 15) is 14.9 Å². The van der Waals surface area contributed by atoms with Crippen molar-refractivity contribution >= 4 is 39.3 Å². The predicted octanol–water partition coefficient (Wildman–Crippen LogP) is 5.32. The number of rotatable bonds is 4. The van der Waals surface area contributed by atoms with E-state index in [0.29, 0.717) is 16.3 Å². The third-order valence-electron chi connectivity index (χ3n) is 4.05. The molecule has 0 saturated carbocycles. The Morgan fingerprint density at radius 2 is 1.81 bits per heavy atom. The predicted molar refractivity (Wildman–Crippen MR) is 108 cm³/mol. The minimum absolute atomic E-state index is 0.105. The molecule has 0 unspecified atom stereocenters. The Bertz CT molecular complexity index is 1050. The molecule has 0 N–H and O–H groups in total. The molecule has 0 aliphatic rings. The number of nitrogens with zero attached hydrogens (tertiary/aromatic N) is 3. The van der Waals surface area contributed by atoms with E-state index in [4.69, 9.17) is 0 Å². The van der Waals surface area contributed by atoms with Gasteiger partial charge in [0.25, 0.3) is 11.6 Å². The summed E-state index contributed by atoms with van der Waals surface area (Å²) in [6, 6.07) is 12.2. The zero-order valence-electron chi connectivity index (χ0n) is 14.9. The number of nitro benzene ring substituents is 1. The molecule has 3 aromatic rings. The smallest absolute Gasteiger partial charge is 0.267 e. The molecule has 0 saturated heterocycles. The first-order valence-corrected chi connectivity index (χ1v) is 9.68. The Morgan fingerprint density at radius 1 is 1.15 bits per heavy atom. The van der Waals surface area contributed by atoms with Gasteiger partial charge in [-0.15, -0.1) is 0 Å². The average molecular weight is 446 g/mol. The van der Waals surface area contributed by atoms with Gasteiger partial charge in [-0.3, -0.25) is 14.9 Å². The van der Waals surface area contributed by atoms with Crippen LogP contribution in [0.1, 0.15) is 27.3 Å². The quantitative estimate of drug-likeness (QED) is 0.401. The van der Waals surface area contributed by atoms with E-state index >= 15 is 0 Å². The molecule has 0 amide bonds. The molecule has 27 heavy (non-hydrogen) atoms. The van der Waals surface area contributed by atoms with Crippen molar-refractivity contribution in [2.75, 3.05) is 0 Å². The van der Waals surface area contributed by atoms with Crippen LogP contribution in [-0.2, 0) is 0 Å². The summed E-state index contributed by atoms with van der Waals surface area (Å²) in [5.41, 5.74) is 2.56. The van der Waals surface area contributed by atoms with Crippen LogP contribution in [0, 0.1) is 30.9 Å². The highest BCUT2D eigenvalue weighted by Crippen LogP contribution is 2.35. The number of carbonyl (C=O) groups excluding carboxylic acids is 1. The molecule has 138 valence electrons. The van der Waals surface area contributed by atoms with Crippen LogP contribution in [-0.4, -0.2) is 20.6 Å². The second-order valence-corrected chi connectivity index (χ2v) is 7.96. The molecule has 0 radical (unpaired) electrons. The summed E-state index contributed by atoms with van der Waals surface area (Å²) in [6.07, 6.45) is 0. The lowest BCUT2D eigenvalue weighted by molar-refractivity contribution is -0.387. The van der Waals surface area contributed by atoms with E-state index in [2.05, 4.69) is 21.0 Å². The first-order chi connectivity index (χ1) is 12.8. The van der Waals surface area contributed by atoms with Crippen LogP contribution in [0.2, 0.25) is 0 Å². The summed E-state index contributed by atoms with van der Waals surface area (Å²) in [5, 5.41) is 15.8. The molecule has 6 nitrogen and oxygen atoms in total. The van der Waals surface area contributed by atoms with Crippen molar-refractivity contribution in [1.82, 2.24) is 9.78 Å². The van der Waals surface area contributed by atoms with Crippen LogP contribution in [0.3, 0.4) is 0 Å². The highest BCUT2D eigenvalue weighted by Gasteiger charge is 2.22. The van der Waals surface area contributed by atoms with E-state index in [1.807, 2.05) is 31.2 Å². The monoisotopic (exact) mass is 445 g/mol. The van der Waals surface area contributed by atoms with Gasteiger partial charge in [-0.2, -0.15) is 9.78 Å². The molecule has 0 fully saturated rings. The number of aryl methyl sites for hydroxylation is 2. The van der Waals surface area contributed by atoms with E-state index in [0.717, 1.165) is 14.9 Å². The van der Waals surface area contributed by atoms with Crippen molar-refractivity contribution in [3.8, 4) is 0 Å². The van der Waals surface area contributed by atoms with Gasteiger partial charge in [0.1, 0.15) is 0 Å². The molecule has 2 aromatic carbocycles. The zero-order chi connectivity index (χ0) is 19.7. The molecule has 0 aliphatic carbocycles. The van der Waals surface area contributed by atoms with Gasteiger partial charge in [0.05, 0.1) is 25.7 Å². The number of halogens is 1. The zero-order valence-corrected chi connectivity index (χ0v) is 17.3. The molecule has 0 bridgehead atoms. The number of benzene rings is 2. The van der Waals surface area contributed by atoms with Gasteiger partial charge >= 0.3 is 0 Å². The van der Waals surface area contributed by atoms with Crippen LogP contribution in [0.15, 0.2) is 56.7 Å². The first-order valence-electron chi connectivity index (χ1n) is 8.07. The van der Waals surface area contributed by atoms with Crippen molar-refractivity contribution in [3.05, 3.63) is 79.6 Å². The standard InChI is InChI=1S/C19H16BrN3O3S/c1-11-4-7-15(8-5-11)27-17-9-6-14(10-16(17)23(25)26)19(24)22-13(3)18(20)12(2)21-22/h4-10H,1-3H3. The van der Waals surface area contributed by atoms with Crippen molar-refractivity contribution in [1.29, 1.82) is 0 Å². The molecular weight excluding hydrogens is 430 g/mol. The van der Waals surface area contributed by atoms with Crippen molar-refractivity contribution in [2.45, 2.75) is 30.6 Å². The molecule has 0 atom stereocenters. The molecule has 3 rings (SSSR count). The third-order valence-corrected chi connectivity index (χ3v) is 6.27. The fourth-order valence-electron chi connectivity index (χ4n) is 2.56. The van der Waals surface area contributed by atoms with Crippen LogP contribution < -0.4 is 0 Å². The van der Waals surface area contributed by atoms with Crippen molar-refractivity contribution < 1.29 is 9.72 Å². The number of hydrogen-bond donors (Lipinski definition) is 0. The van der Waals surface area contributed by atoms with Gasteiger partial charge in [0, 0.05) is 16.5 Å². The largest absolute Gasteiger partial charge is 0.284 e. The topological polar surface area (TPSA) is 78.0 Å². The number of carbonyl (C=O) groups is 1. The average Bonchev–Trinajstić information content (AvgIpc) is 2.90. The Balaban J connectivity index is 1.98. The van der Waals surface area contributed by atoms with Gasteiger partial charge in [0.15, 0.2) is 0 Å². The Labute approximate surface area is 168 Å². The number of nitro groups is 1. The lowest BCUT2D eigenvalue weighted by Gasteiger charge is -2.07. The first kappa shape index (κ1) is 19.3. The second-order valence-electron chi connectivity index (χ2n) is 6.06. The van der Waals surface area contributed by atoms with E-state index in [1.165, 1.54) is 22.5 Å². The molecule has 8 heteroatoms. The maximum absolute atomic E-state index is 12.8. The summed E-state index contributed by atoms with van der Waals surface area (Å²) in [6.45, 7) is 5.53. The van der Waals surface area contributed by atoms with Gasteiger partial charge in [-0.05, 0) is 61.0 Å². The van der Waals surface area contributed by atoms with Crippen LogP contribution in [0.25, 0.3) is 0 Å². The number of aromatic nitrogens is 2. The van der Waals surface area contributed by atoms with Gasteiger partial charge in [-0.25, -0.2) is 0 Å². The van der Waals surface area contributed by atoms with Gasteiger partial charge in [0.2, 0.25) is 0 Å². The highest BCUT2D eigenvalue weighted by atomic mass is 79.9. The lowest BCUT2D eigenvalue weighted by atomic mass is 10.2. The van der Waals surface area contributed by atoms with Crippen LogP contribution >= 0.6 is 27.7 Å². The SMILES string of the molecule is Cc1ccc(Sc2ccc(C(=O)n3nc(C)c(Br)c3C)cc2[N+](=O)[O-])cc1. The van der Waals surface area contributed by atoms with Crippen molar-refractivity contribution in [2.24, 2.45) is 0 Å². The molecule has 0 aliphatic heterocycles. The number of hydrogen-bond acceptors (Lipinski definition) is 5. The maximum atomic E-state index is 12.8. The van der Waals surface area contributed by atoms with E-state index in [1.54, 1.807) is 26.0 Å². The highest BCUT2D eigenvalue weighted by molar-refractivity contribution is 9.10. The molecule has 1 heterocycles. The van der Waals surface area contributed by atoms with Crippen LogP contribution in [0.4, 0.5) is 5.69 Å². The molecular formula is C19H16BrN3O3S. The summed E-state index contributed by atoms with van der Waals surface area (Å²) in [5.74, 6) is -0.406. The van der Waals surface area contributed by atoms with Crippen molar-refractivity contribution in [3.63, 3.8) is 0 Å². The Morgan fingerprint density at radius 3 is 2.37 bits per heavy atom. The minimum atomic E-state index is -0.468. The van der Waals surface area contributed by atoms with Gasteiger partial charge < -0.3 is 0 Å². The summed E-state index contributed by atoms with van der Waals surface area (Å²) >= 11 is 4.68. The minimum Gasteiger partial charge on any atom is -0.267 e. The van der Waals surface area contributed by atoms with E-state index < -0.39 is 10.8 Å². The lowest BCUT2D eigenvalue weighted by Crippen LogP contribution is -2.15. The van der Waals surface area contributed by atoms with E-state index in [-0.39, 0.29) is 11.3 Å². The summed E-state index contributed by atoms with van der Waals surface area (Å²) in [7, 11) is 0. The molecule has 1 aromatic heterocycles. The Hall–Kier alpha value is -2.45. The normalized spacial score (nSPS) is 10.8. The van der Waals surface area contributed by atoms with Crippen LogP contribution in [0.5, 0.6) is 0 Å². The summed E-state index contributed by atoms with van der Waals surface area (Å²) in [4.78, 5) is 25.2. The fraction of sp³-hybridized carbons (Fsp3) is 0.158. The third kappa shape index (κ3) is 3.96. The fourth-order valence-corrected chi connectivity index (χ4v) is 3.70. The maximum Gasteiger partial charge on any atom is 0.284 e. The Kier molecular flexibility index (Phi) is 5.48. The molecule has 0 spiro atoms.